The van der Waals surface area contributed by atoms with Gasteiger partial charge in [-0.3, -0.25) is 4.79 Å². The number of aryl methyl sites for hydroxylation is 1. The minimum atomic E-state index is -0.311. The van der Waals surface area contributed by atoms with Crippen molar-refractivity contribution in [2.24, 2.45) is 11.7 Å². The van der Waals surface area contributed by atoms with Crippen LogP contribution in [0.15, 0.2) is 54.6 Å². The summed E-state index contributed by atoms with van der Waals surface area (Å²) < 4.78 is 5.62. The maximum Gasteiger partial charge on any atom is 0.224 e. The lowest BCUT2D eigenvalue weighted by molar-refractivity contribution is -0.125. The Morgan fingerprint density at radius 1 is 1.17 bits per heavy atom. The first-order valence-electron chi connectivity index (χ1n) is 7.85. The van der Waals surface area contributed by atoms with Gasteiger partial charge in [-0.25, -0.2) is 0 Å². The van der Waals surface area contributed by atoms with Crippen LogP contribution in [0.5, 0.6) is 5.75 Å². The van der Waals surface area contributed by atoms with E-state index >= 15 is 0 Å². The average Bonchev–Trinajstić information content (AvgIpc) is 2.58. The van der Waals surface area contributed by atoms with Crippen LogP contribution in [0.2, 0.25) is 0 Å². The number of nitrogens with two attached hydrogens (primary N) is 1. The topological polar surface area (TPSA) is 64.3 Å². The van der Waals surface area contributed by atoms with E-state index in [9.17, 15) is 4.79 Å². The van der Waals surface area contributed by atoms with E-state index in [-0.39, 0.29) is 17.9 Å². The van der Waals surface area contributed by atoms with E-state index in [1.54, 1.807) is 0 Å². The van der Waals surface area contributed by atoms with Gasteiger partial charge in [-0.05, 0) is 30.2 Å². The minimum absolute atomic E-state index is 0.0609. The Morgan fingerprint density at radius 3 is 2.61 bits per heavy atom. The Labute approximate surface area is 137 Å². The van der Waals surface area contributed by atoms with Gasteiger partial charge in [0.1, 0.15) is 12.4 Å². The summed E-state index contributed by atoms with van der Waals surface area (Å²) in [6.45, 7) is 4.75. The van der Waals surface area contributed by atoms with Crippen molar-refractivity contribution in [1.82, 2.24) is 5.32 Å². The predicted molar refractivity (Wildman–Crippen MR) is 92.2 cm³/mol. The number of carbonyl (C=O) groups excluding carboxylic acids is 1. The number of nitrogens with one attached hydrogen (secondary N) is 1. The first-order chi connectivity index (χ1) is 11.1. The SMILES string of the molecule is Cc1cccc(OCCNC(=O)C(C)C(N)c2ccccc2)c1. The minimum Gasteiger partial charge on any atom is -0.492 e. The van der Waals surface area contributed by atoms with Crippen LogP contribution in [0.4, 0.5) is 0 Å². The molecular formula is C19H24N2O2. The molecule has 2 aromatic carbocycles. The molecule has 0 spiro atoms. The van der Waals surface area contributed by atoms with Crippen LogP contribution < -0.4 is 15.8 Å². The van der Waals surface area contributed by atoms with Gasteiger partial charge in [0.05, 0.1) is 12.5 Å². The normalized spacial score (nSPS) is 13.2. The van der Waals surface area contributed by atoms with Gasteiger partial charge < -0.3 is 15.8 Å². The van der Waals surface area contributed by atoms with Crippen molar-refractivity contribution in [3.63, 3.8) is 0 Å². The number of rotatable bonds is 7. The van der Waals surface area contributed by atoms with E-state index in [1.807, 2.05) is 68.4 Å². The smallest absolute Gasteiger partial charge is 0.224 e. The molecule has 2 rings (SSSR count). The average molecular weight is 312 g/mol. The summed E-state index contributed by atoms with van der Waals surface area (Å²) >= 11 is 0. The number of hydrogen-bond donors (Lipinski definition) is 2. The number of ether oxygens (including phenoxy) is 1. The lowest BCUT2D eigenvalue weighted by Gasteiger charge is -2.19. The molecule has 122 valence electrons. The Morgan fingerprint density at radius 2 is 1.91 bits per heavy atom. The maximum absolute atomic E-state index is 12.2. The largest absolute Gasteiger partial charge is 0.492 e. The van der Waals surface area contributed by atoms with Crippen molar-refractivity contribution in [1.29, 1.82) is 0 Å². The molecule has 0 aliphatic rings. The molecule has 3 N–H and O–H groups in total. The lowest BCUT2D eigenvalue weighted by Crippen LogP contribution is -2.37. The highest BCUT2D eigenvalue weighted by Crippen LogP contribution is 2.19. The van der Waals surface area contributed by atoms with Crippen LogP contribution in [0.1, 0.15) is 24.1 Å². The summed E-state index contributed by atoms with van der Waals surface area (Å²) in [4.78, 5) is 12.2. The molecule has 0 aromatic heterocycles. The van der Waals surface area contributed by atoms with Gasteiger partial charge in [0.15, 0.2) is 0 Å². The van der Waals surface area contributed by atoms with E-state index in [1.165, 1.54) is 0 Å². The fraction of sp³-hybridized carbons (Fsp3) is 0.316. The van der Waals surface area contributed by atoms with Crippen LogP contribution in [-0.2, 0) is 4.79 Å². The van der Waals surface area contributed by atoms with Gasteiger partial charge in [0, 0.05) is 6.04 Å². The predicted octanol–water partition coefficient (Wildman–Crippen LogP) is 2.83. The Hall–Kier alpha value is -2.33. The fourth-order valence-corrected chi connectivity index (χ4v) is 2.34. The molecule has 0 saturated heterocycles. The summed E-state index contributed by atoms with van der Waals surface area (Å²) in [5.74, 6) is 0.457. The maximum atomic E-state index is 12.2. The van der Waals surface area contributed by atoms with E-state index in [0.29, 0.717) is 13.2 Å². The third-order valence-electron chi connectivity index (χ3n) is 3.80. The van der Waals surface area contributed by atoms with Crippen molar-refractivity contribution < 1.29 is 9.53 Å². The molecule has 0 aliphatic carbocycles. The zero-order chi connectivity index (χ0) is 16.7. The summed E-state index contributed by atoms with van der Waals surface area (Å²) in [5, 5.41) is 2.87. The standard InChI is InChI=1S/C19H24N2O2/c1-14-7-6-10-17(13-14)23-12-11-21-19(22)15(2)18(20)16-8-4-3-5-9-16/h3-10,13,15,18H,11-12,20H2,1-2H3,(H,21,22). The molecule has 0 fully saturated rings. The summed E-state index contributed by atoms with van der Waals surface area (Å²) in [7, 11) is 0. The Kier molecular flexibility index (Phi) is 6.18. The molecule has 2 unspecified atom stereocenters. The quantitative estimate of drug-likeness (QED) is 0.773. The highest BCUT2D eigenvalue weighted by molar-refractivity contribution is 5.79. The van der Waals surface area contributed by atoms with Gasteiger partial charge in [0.25, 0.3) is 0 Å². The molecule has 0 aliphatic heterocycles. The number of carbonyl (C=O) groups is 1. The highest BCUT2D eigenvalue weighted by Gasteiger charge is 2.21. The van der Waals surface area contributed by atoms with E-state index in [4.69, 9.17) is 10.5 Å². The van der Waals surface area contributed by atoms with Crippen molar-refractivity contribution >= 4 is 5.91 Å². The van der Waals surface area contributed by atoms with Crippen LogP contribution in [0.25, 0.3) is 0 Å². The van der Waals surface area contributed by atoms with Crippen molar-refractivity contribution in [3.05, 3.63) is 65.7 Å². The van der Waals surface area contributed by atoms with Crippen molar-refractivity contribution in [3.8, 4) is 5.75 Å². The Bertz CT molecular complexity index is 628. The zero-order valence-corrected chi connectivity index (χ0v) is 13.7. The fourth-order valence-electron chi connectivity index (χ4n) is 2.34. The summed E-state index contributed by atoms with van der Waals surface area (Å²) in [6, 6.07) is 17.2. The van der Waals surface area contributed by atoms with Crippen LogP contribution in [0.3, 0.4) is 0 Å². The van der Waals surface area contributed by atoms with Crippen LogP contribution in [0, 0.1) is 12.8 Å². The lowest BCUT2D eigenvalue weighted by atomic mass is 9.95. The van der Waals surface area contributed by atoms with Gasteiger partial charge in [-0.15, -0.1) is 0 Å². The second kappa shape index (κ2) is 8.34. The van der Waals surface area contributed by atoms with Gasteiger partial charge in [-0.1, -0.05) is 49.4 Å². The van der Waals surface area contributed by atoms with E-state index in [2.05, 4.69) is 5.32 Å². The second-order valence-electron chi connectivity index (χ2n) is 5.68. The molecule has 1 amide bonds. The monoisotopic (exact) mass is 312 g/mol. The molecular weight excluding hydrogens is 288 g/mol. The third kappa shape index (κ3) is 5.11. The van der Waals surface area contributed by atoms with Crippen molar-refractivity contribution in [2.45, 2.75) is 19.9 Å². The van der Waals surface area contributed by atoms with E-state index in [0.717, 1.165) is 16.9 Å². The highest BCUT2D eigenvalue weighted by atomic mass is 16.5. The molecule has 0 bridgehead atoms. The molecule has 2 aromatic rings. The van der Waals surface area contributed by atoms with Gasteiger partial charge in [-0.2, -0.15) is 0 Å². The van der Waals surface area contributed by atoms with Gasteiger partial charge >= 0.3 is 0 Å². The van der Waals surface area contributed by atoms with Crippen LogP contribution in [-0.4, -0.2) is 19.1 Å². The van der Waals surface area contributed by atoms with Gasteiger partial charge in [0.2, 0.25) is 5.91 Å². The first kappa shape index (κ1) is 17.0. The summed E-state index contributed by atoms with van der Waals surface area (Å²) in [5.41, 5.74) is 8.27. The summed E-state index contributed by atoms with van der Waals surface area (Å²) in [6.07, 6.45) is 0. The van der Waals surface area contributed by atoms with Crippen molar-refractivity contribution in [2.75, 3.05) is 13.2 Å². The zero-order valence-electron chi connectivity index (χ0n) is 13.7. The molecule has 23 heavy (non-hydrogen) atoms. The number of amides is 1. The molecule has 0 radical (unpaired) electrons. The number of hydrogen-bond acceptors (Lipinski definition) is 3. The molecule has 4 heteroatoms. The number of benzene rings is 2. The van der Waals surface area contributed by atoms with E-state index < -0.39 is 0 Å². The second-order valence-corrected chi connectivity index (χ2v) is 5.68. The van der Waals surface area contributed by atoms with Crippen LogP contribution >= 0.6 is 0 Å². The third-order valence-corrected chi connectivity index (χ3v) is 3.80. The molecule has 0 saturated carbocycles. The first-order valence-corrected chi connectivity index (χ1v) is 7.85. The molecule has 0 heterocycles. The Balaban J connectivity index is 1.76. The molecule has 4 nitrogen and oxygen atoms in total. The molecule has 2 atom stereocenters.